The maximum atomic E-state index is 11.8. The van der Waals surface area contributed by atoms with E-state index in [4.69, 9.17) is 4.74 Å². The molecule has 0 amide bonds. The van der Waals surface area contributed by atoms with Crippen molar-refractivity contribution in [1.82, 2.24) is 19.6 Å². The number of ether oxygens (including phenoxy) is 1. The molecule has 0 radical (unpaired) electrons. The molecule has 0 unspecified atom stereocenters. The molecule has 0 saturated heterocycles. The zero-order valence-corrected chi connectivity index (χ0v) is 9.81. The summed E-state index contributed by atoms with van der Waals surface area (Å²) in [6.07, 6.45) is 0.931. The molecule has 2 rings (SSSR count). The Balaban J connectivity index is 1.92. The number of nitrogens with zero attached hydrogens (tertiary/aromatic N) is 4. The van der Waals surface area contributed by atoms with E-state index in [1.807, 2.05) is 6.92 Å². The molecular weight excluding hydrogens is 244 g/mol. The standard InChI is InChI=1S/C10H13F2N5O/c1-7-15-16-10-9(13-2-4-17(7)10)14-3-5-18-6-8(11)12/h2,4,8H,3,5-6H2,1H3,(H,13,14). The monoisotopic (exact) mass is 257 g/mol. The lowest BCUT2D eigenvalue weighted by Gasteiger charge is -2.07. The SMILES string of the molecule is Cc1nnc2c(NCCOCC(F)F)nccn12. The summed E-state index contributed by atoms with van der Waals surface area (Å²) in [5.74, 6) is 1.31. The topological polar surface area (TPSA) is 64.3 Å². The second-order valence-corrected chi connectivity index (χ2v) is 3.61. The van der Waals surface area contributed by atoms with Gasteiger partial charge in [-0.1, -0.05) is 0 Å². The Labute approximate surface area is 102 Å². The number of hydrogen-bond acceptors (Lipinski definition) is 5. The van der Waals surface area contributed by atoms with E-state index in [2.05, 4.69) is 20.5 Å². The zero-order valence-electron chi connectivity index (χ0n) is 9.81. The molecule has 0 atom stereocenters. The summed E-state index contributed by atoms with van der Waals surface area (Å²) in [4.78, 5) is 4.11. The molecule has 6 nitrogen and oxygen atoms in total. The van der Waals surface area contributed by atoms with Gasteiger partial charge in [0, 0.05) is 18.9 Å². The zero-order chi connectivity index (χ0) is 13.0. The van der Waals surface area contributed by atoms with Crippen LogP contribution in [0.2, 0.25) is 0 Å². The Hall–Kier alpha value is -1.83. The van der Waals surface area contributed by atoms with Crippen LogP contribution >= 0.6 is 0 Å². The van der Waals surface area contributed by atoms with Crippen LogP contribution in [-0.2, 0) is 4.74 Å². The lowest BCUT2D eigenvalue weighted by atomic mass is 10.5. The highest BCUT2D eigenvalue weighted by Gasteiger charge is 2.07. The average molecular weight is 257 g/mol. The van der Waals surface area contributed by atoms with E-state index in [9.17, 15) is 8.78 Å². The van der Waals surface area contributed by atoms with Gasteiger partial charge in [0.25, 0.3) is 6.43 Å². The molecule has 2 aromatic rings. The number of alkyl halides is 2. The van der Waals surface area contributed by atoms with Crippen molar-refractivity contribution in [2.24, 2.45) is 0 Å². The first-order valence-corrected chi connectivity index (χ1v) is 5.44. The normalized spacial score (nSPS) is 11.3. The molecule has 98 valence electrons. The van der Waals surface area contributed by atoms with E-state index < -0.39 is 13.0 Å². The molecule has 0 aliphatic heterocycles. The highest BCUT2D eigenvalue weighted by atomic mass is 19.3. The van der Waals surface area contributed by atoms with Gasteiger partial charge in [0.2, 0.25) is 5.65 Å². The lowest BCUT2D eigenvalue weighted by Crippen LogP contribution is -2.14. The van der Waals surface area contributed by atoms with Gasteiger partial charge in [-0.05, 0) is 6.92 Å². The van der Waals surface area contributed by atoms with Gasteiger partial charge in [-0.15, -0.1) is 10.2 Å². The first-order chi connectivity index (χ1) is 8.68. The van der Waals surface area contributed by atoms with Crippen molar-refractivity contribution in [2.45, 2.75) is 13.3 Å². The third-order valence-corrected chi connectivity index (χ3v) is 2.28. The third kappa shape index (κ3) is 2.89. The fraction of sp³-hybridized carbons (Fsp3) is 0.500. The molecule has 18 heavy (non-hydrogen) atoms. The van der Waals surface area contributed by atoms with Crippen LogP contribution in [0.1, 0.15) is 5.82 Å². The summed E-state index contributed by atoms with van der Waals surface area (Å²) < 4.78 is 30.2. The fourth-order valence-corrected chi connectivity index (χ4v) is 1.48. The van der Waals surface area contributed by atoms with Gasteiger partial charge >= 0.3 is 0 Å². The van der Waals surface area contributed by atoms with Gasteiger partial charge in [-0.2, -0.15) is 0 Å². The molecule has 0 bridgehead atoms. The van der Waals surface area contributed by atoms with Crippen LogP contribution in [0, 0.1) is 6.92 Å². The largest absolute Gasteiger partial charge is 0.374 e. The number of aryl methyl sites for hydroxylation is 1. The molecule has 0 aliphatic rings. The number of nitrogens with one attached hydrogen (secondary N) is 1. The predicted octanol–water partition coefficient (Wildman–Crippen LogP) is 1.13. The molecule has 0 fully saturated rings. The molecule has 0 aliphatic carbocycles. The van der Waals surface area contributed by atoms with Crippen LogP contribution in [0.4, 0.5) is 14.6 Å². The Morgan fingerprint density at radius 3 is 3.06 bits per heavy atom. The minimum Gasteiger partial charge on any atom is -0.374 e. The number of aromatic nitrogens is 4. The molecule has 2 aromatic heterocycles. The number of halogens is 2. The van der Waals surface area contributed by atoms with Crippen molar-refractivity contribution >= 4 is 11.5 Å². The van der Waals surface area contributed by atoms with E-state index >= 15 is 0 Å². The summed E-state index contributed by atoms with van der Waals surface area (Å²) in [7, 11) is 0. The van der Waals surface area contributed by atoms with Crippen LogP contribution in [0.25, 0.3) is 5.65 Å². The van der Waals surface area contributed by atoms with E-state index in [0.29, 0.717) is 18.0 Å². The molecule has 2 heterocycles. The van der Waals surface area contributed by atoms with Gasteiger partial charge < -0.3 is 10.1 Å². The summed E-state index contributed by atoms with van der Waals surface area (Å²) in [5.41, 5.74) is 0.601. The van der Waals surface area contributed by atoms with Crippen molar-refractivity contribution in [3.05, 3.63) is 18.2 Å². The summed E-state index contributed by atoms with van der Waals surface area (Å²) in [5, 5.41) is 10.9. The lowest BCUT2D eigenvalue weighted by molar-refractivity contribution is 0.0215. The van der Waals surface area contributed by atoms with Gasteiger partial charge in [-0.25, -0.2) is 13.8 Å². The van der Waals surface area contributed by atoms with Crippen molar-refractivity contribution in [3.63, 3.8) is 0 Å². The minimum absolute atomic E-state index is 0.181. The van der Waals surface area contributed by atoms with Crippen molar-refractivity contribution in [2.75, 3.05) is 25.1 Å². The molecule has 0 aromatic carbocycles. The van der Waals surface area contributed by atoms with Crippen molar-refractivity contribution < 1.29 is 13.5 Å². The van der Waals surface area contributed by atoms with Crippen LogP contribution < -0.4 is 5.32 Å². The molecule has 8 heteroatoms. The summed E-state index contributed by atoms with van der Waals surface area (Å²) in [6, 6.07) is 0. The Bertz CT molecular complexity index is 516. The van der Waals surface area contributed by atoms with Crippen LogP contribution in [-0.4, -0.2) is 45.8 Å². The second-order valence-electron chi connectivity index (χ2n) is 3.61. The molecule has 1 N–H and O–H groups in total. The van der Waals surface area contributed by atoms with E-state index in [0.717, 1.165) is 5.82 Å². The van der Waals surface area contributed by atoms with Crippen LogP contribution in [0.5, 0.6) is 0 Å². The first-order valence-electron chi connectivity index (χ1n) is 5.44. The van der Waals surface area contributed by atoms with E-state index in [1.54, 1.807) is 16.8 Å². The average Bonchev–Trinajstić information content (AvgIpc) is 2.71. The second kappa shape index (κ2) is 5.67. The number of rotatable bonds is 6. The molecule has 0 saturated carbocycles. The first kappa shape index (κ1) is 12.6. The van der Waals surface area contributed by atoms with Gasteiger partial charge in [-0.3, -0.25) is 4.40 Å². The van der Waals surface area contributed by atoms with Crippen LogP contribution in [0.3, 0.4) is 0 Å². The van der Waals surface area contributed by atoms with Crippen LogP contribution in [0.15, 0.2) is 12.4 Å². The Kier molecular flexibility index (Phi) is 3.98. The minimum atomic E-state index is -2.44. The van der Waals surface area contributed by atoms with Gasteiger partial charge in [0.15, 0.2) is 5.82 Å². The Morgan fingerprint density at radius 1 is 1.44 bits per heavy atom. The number of anilines is 1. The molecular formula is C10H13F2N5O. The third-order valence-electron chi connectivity index (χ3n) is 2.28. The highest BCUT2D eigenvalue weighted by Crippen LogP contribution is 2.11. The van der Waals surface area contributed by atoms with Crippen molar-refractivity contribution in [1.29, 1.82) is 0 Å². The smallest absolute Gasteiger partial charge is 0.261 e. The maximum Gasteiger partial charge on any atom is 0.261 e. The fourth-order valence-electron chi connectivity index (χ4n) is 1.48. The quantitative estimate of drug-likeness (QED) is 0.786. The predicted molar refractivity (Wildman–Crippen MR) is 60.8 cm³/mol. The Morgan fingerprint density at radius 2 is 2.28 bits per heavy atom. The maximum absolute atomic E-state index is 11.8. The van der Waals surface area contributed by atoms with Crippen molar-refractivity contribution in [3.8, 4) is 0 Å². The van der Waals surface area contributed by atoms with Gasteiger partial charge in [0.1, 0.15) is 12.4 Å². The summed E-state index contributed by atoms with van der Waals surface area (Å²) >= 11 is 0. The number of fused-ring (bicyclic) bond motifs is 1. The summed E-state index contributed by atoms with van der Waals surface area (Å²) in [6.45, 7) is 1.84. The number of hydrogen-bond donors (Lipinski definition) is 1. The van der Waals surface area contributed by atoms with E-state index in [-0.39, 0.29) is 6.61 Å². The van der Waals surface area contributed by atoms with E-state index in [1.165, 1.54) is 0 Å². The van der Waals surface area contributed by atoms with Gasteiger partial charge in [0.05, 0.1) is 6.61 Å². The highest BCUT2D eigenvalue weighted by molar-refractivity contribution is 5.61. The molecule has 0 spiro atoms.